The van der Waals surface area contributed by atoms with E-state index in [2.05, 4.69) is 68.6 Å². The highest BCUT2D eigenvalue weighted by atomic mass is 32.3. The fourth-order valence-corrected chi connectivity index (χ4v) is 5.09. The maximum absolute atomic E-state index is 8.52. The molecule has 4 rings (SSSR count). The van der Waals surface area contributed by atoms with Crippen molar-refractivity contribution in [2.45, 2.75) is 19.3 Å². The second-order valence-corrected chi connectivity index (χ2v) is 11.9. The molecule has 42 heavy (non-hydrogen) atoms. The zero-order valence-corrected chi connectivity index (χ0v) is 26.3. The Balaban J connectivity index is 0.000000892. The van der Waals surface area contributed by atoms with E-state index < -0.39 is 10.4 Å². The lowest BCUT2D eigenvalue weighted by atomic mass is 10.2. The lowest BCUT2D eigenvalue weighted by molar-refractivity contribution is -0.654. The number of unbranched alkanes of at least 4 members (excludes halogenated alkanes) is 2. The number of nitrogens with zero attached hydrogens (tertiary/aromatic N) is 8. The Morgan fingerprint density at radius 3 is 1.33 bits per heavy atom. The van der Waals surface area contributed by atoms with Crippen molar-refractivity contribution in [1.29, 1.82) is 0 Å². The highest BCUT2D eigenvalue weighted by molar-refractivity contribution is 7.79. The number of hydrogen-bond donors (Lipinski definition) is 0. The number of rotatable bonds is 12. The van der Waals surface area contributed by atoms with E-state index in [1.54, 1.807) is 22.7 Å². The molecule has 15 heteroatoms. The Kier molecular flexibility index (Phi) is 12.6. The first kappa shape index (κ1) is 32.9. The third kappa shape index (κ3) is 11.7. The molecule has 0 atom stereocenters. The van der Waals surface area contributed by atoms with Gasteiger partial charge in [-0.2, -0.15) is 0 Å². The number of aryl methyl sites for hydroxylation is 2. The number of azo groups is 2. The van der Waals surface area contributed by atoms with Gasteiger partial charge in [0.25, 0.3) is 0 Å². The largest absolute Gasteiger partial charge is 0.759 e. The number of aromatic nitrogens is 2. The maximum Gasteiger partial charge on any atom is 0.408 e. The average molecular weight is 631 g/mol. The number of thiazole rings is 2. The minimum atomic E-state index is -5.17. The zero-order valence-electron chi connectivity index (χ0n) is 23.9. The average Bonchev–Trinajstić information content (AvgIpc) is 3.56. The SMILES string of the molecule is CN(CCCCCN(C)c1ccc(N=Nc2scc[n+]2C)cc1)c1ccc(N=Nc2scc[n+]2C)cc1.O=S(=O)([O-])[O-]. The number of hydrogen-bond acceptors (Lipinski definition) is 12. The smallest absolute Gasteiger partial charge is 0.408 e. The molecule has 0 bridgehead atoms. The van der Waals surface area contributed by atoms with Gasteiger partial charge in [0.15, 0.2) is 0 Å². The molecular formula is C27H34N8O4S3. The van der Waals surface area contributed by atoms with Crippen molar-refractivity contribution in [3.63, 3.8) is 0 Å². The van der Waals surface area contributed by atoms with Gasteiger partial charge in [-0.05, 0) is 101 Å². The van der Waals surface area contributed by atoms with Gasteiger partial charge < -0.3 is 18.9 Å². The van der Waals surface area contributed by atoms with Crippen molar-refractivity contribution < 1.29 is 26.7 Å². The summed E-state index contributed by atoms with van der Waals surface area (Å²) in [5, 5.41) is 23.1. The molecule has 0 aliphatic heterocycles. The molecule has 0 aliphatic rings. The molecule has 2 heterocycles. The molecule has 224 valence electrons. The van der Waals surface area contributed by atoms with Crippen molar-refractivity contribution >= 4 is 66.1 Å². The molecule has 2 aromatic heterocycles. The number of benzene rings is 2. The van der Waals surface area contributed by atoms with Gasteiger partial charge in [0.2, 0.25) is 0 Å². The third-order valence-corrected chi connectivity index (χ3v) is 7.77. The number of anilines is 2. The Labute approximate surface area is 254 Å². The standard InChI is InChI=1S/C27H34N8S2.H2O4S/c1-32(24-12-8-22(9-13-24)28-30-26-34(3)18-20-36-26)16-6-5-7-17-33(2)25-14-10-23(11-15-25)29-31-27-35(4)19-21-37-27;1-5(2,3)4/h8-15,18-21H,5-7,16-17H2,1-4H3;(H2,1,2,3,4)/q+2;/p-2. The van der Waals surface area contributed by atoms with Crippen molar-refractivity contribution in [1.82, 2.24) is 0 Å². The lowest BCUT2D eigenvalue weighted by Gasteiger charge is -2.21. The van der Waals surface area contributed by atoms with Gasteiger partial charge in [0.1, 0.15) is 23.8 Å². The molecule has 0 amide bonds. The van der Waals surface area contributed by atoms with E-state index in [9.17, 15) is 0 Å². The fourth-order valence-electron chi connectivity index (χ4n) is 3.73. The van der Waals surface area contributed by atoms with Crippen molar-refractivity contribution in [3.8, 4) is 0 Å². The molecule has 0 fully saturated rings. The van der Waals surface area contributed by atoms with Crippen LogP contribution in [0.25, 0.3) is 0 Å². The van der Waals surface area contributed by atoms with Crippen LogP contribution in [0.1, 0.15) is 19.3 Å². The summed E-state index contributed by atoms with van der Waals surface area (Å²) in [7, 11) is 3.07. The predicted molar refractivity (Wildman–Crippen MR) is 163 cm³/mol. The summed E-state index contributed by atoms with van der Waals surface area (Å²) in [6, 6.07) is 16.5. The highest BCUT2D eigenvalue weighted by Crippen LogP contribution is 2.24. The Morgan fingerprint density at radius 1 is 0.667 bits per heavy atom. The molecule has 0 unspecified atom stereocenters. The van der Waals surface area contributed by atoms with Crippen LogP contribution in [0, 0.1) is 0 Å². The molecule has 0 N–H and O–H groups in total. The van der Waals surface area contributed by atoms with Crippen LogP contribution in [-0.4, -0.2) is 44.7 Å². The van der Waals surface area contributed by atoms with Gasteiger partial charge >= 0.3 is 10.3 Å². The zero-order chi connectivity index (χ0) is 30.5. The molecule has 12 nitrogen and oxygen atoms in total. The van der Waals surface area contributed by atoms with E-state index in [0.29, 0.717) is 0 Å². The molecule has 0 spiro atoms. The Bertz CT molecular complexity index is 1440. The summed E-state index contributed by atoms with van der Waals surface area (Å²) in [5.41, 5.74) is 4.12. The van der Waals surface area contributed by atoms with Gasteiger partial charge in [0, 0.05) is 59.7 Å². The van der Waals surface area contributed by atoms with Gasteiger partial charge in [-0.1, -0.05) is 0 Å². The minimum absolute atomic E-state index is 0.862. The van der Waals surface area contributed by atoms with Gasteiger partial charge in [-0.25, -0.2) is 9.13 Å². The summed E-state index contributed by atoms with van der Waals surface area (Å²) in [6.45, 7) is 2.05. The summed E-state index contributed by atoms with van der Waals surface area (Å²) in [5.74, 6) is 0. The van der Waals surface area contributed by atoms with Gasteiger partial charge in [-0.3, -0.25) is 8.42 Å². The normalized spacial score (nSPS) is 11.6. The second-order valence-electron chi connectivity index (χ2n) is 9.34. The van der Waals surface area contributed by atoms with Crippen LogP contribution in [0.5, 0.6) is 0 Å². The van der Waals surface area contributed by atoms with Crippen LogP contribution in [0.15, 0.2) is 92.1 Å². The molecular weight excluding hydrogens is 597 g/mol. The van der Waals surface area contributed by atoms with E-state index in [0.717, 1.165) is 47.6 Å². The quantitative estimate of drug-likeness (QED) is 0.0646. The summed E-state index contributed by atoms with van der Waals surface area (Å²) >= 11 is 3.15. The van der Waals surface area contributed by atoms with Crippen LogP contribution < -0.4 is 18.9 Å². The van der Waals surface area contributed by atoms with E-state index in [1.807, 2.05) is 70.6 Å². The van der Waals surface area contributed by atoms with Gasteiger partial charge in [0.05, 0.1) is 24.3 Å². The molecule has 0 saturated carbocycles. The molecule has 0 aliphatic carbocycles. The maximum atomic E-state index is 8.52. The predicted octanol–water partition coefficient (Wildman–Crippen LogP) is 5.69. The Hall–Kier alpha value is -3.63. The first-order valence-electron chi connectivity index (χ1n) is 13.0. The second kappa shape index (κ2) is 16.1. The first-order valence-corrected chi connectivity index (χ1v) is 16.1. The first-order chi connectivity index (χ1) is 20.0. The monoisotopic (exact) mass is 630 g/mol. The molecule has 0 radical (unpaired) electrons. The van der Waals surface area contributed by atoms with Crippen molar-refractivity contribution in [2.75, 3.05) is 37.0 Å². The van der Waals surface area contributed by atoms with Crippen LogP contribution >= 0.6 is 22.7 Å². The minimum Gasteiger partial charge on any atom is -0.759 e. The van der Waals surface area contributed by atoms with Crippen LogP contribution in [0.4, 0.5) is 33.0 Å². The van der Waals surface area contributed by atoms with E-state index in [-0.39, 0.29) is 0 Å². The highest BCUT2D eigenvalue weighted by Gasteiger charge is 2.09. The van der Waals surface area contributed by atoms with Crippen LogP contribution in [0.2, 0.25) is 0 Å². The molecule has 0 saturated heterocycles. The fraction of sp³-hybridized carbons (Fsp3) is 0.333. The summed E-state index contributed by atoms with van der Waals surface area (Å²) in [6.07, 6.45) is 7.45. The molecule has 2 aromatic carbocycles. The van der Waals surface area contributed by atoms with E-state index in [4.69, 9.17) is 17.5 Å². The van der Waals surface area contributed by atoms with E-state index in [1.165, 1.54) is 17.8 Å². The van der Waals surface area contributed by atoms with Crippen LogP contribution in [0.3, 0.4) is 0 Å². The molecule has 4 aromatic rings. The lowest BCUT2D eigenvalue weighted by Crippen LogP contribution is -2.23. The van der Waals surface area contributed by atoms with Crippen molar-refractivity contribution in [2.24, 2.45) is 34.6 Å². The van der Waals surface area contributed by atoms with Crippen LogP contribution in [-0.2, 0) is 24.5 Å². The van der Waals surface area contributed by atoms with Crippen molar-refractivity contribution in [3.05, 3.63) is 71.7 Å². The summed E-state index contributed by atoms with van der Waals surface area (Å²) < 4.78 is 38.0. The summed E-state index contributed by atoms with van der Waals surface area (Å²) in [4.78, 5) is 4.60. The van der Waals surface area contributed by atoms with Gasteiger partial charge in [-0.15, -0.1) is 0 Å². The topological polar surface area (TPSA) is 144 Å². The third-order valence-electron chi connectivity index (χ3n) is 6.09. The van der Waals surface area contributed by atoms with E-state index >= 15 is 0 Å². The Morgan fingerprint density at radius 2 is 1.02 bits per heavy atom.